The number of nitrogens with one attached hydrogen (secondary N) is 1. The summed E-state index contributed by atoms with van der Waals surface area (Å²) in [5, 5.41) is 3.14. The first-order valence-corrected chi connectivity index (χ1v) is 7.15. The number of guanidine groups is 1. The number of hydrogen-bond donors (Lipinski definition) is 2. The highest BCUT2D eigenvalue weighted by atomic mass is 15.2. The zero-order chi connectivity index (χ0) is 14.5. The molecule has 0 saturated carbocycles. The van der Waals surface area contributed by atoms with Crippen LogP contribution in [-0.2, 0) is 0 Å². The van der Waals surface area contributed by atoms with Gasteiger partial charge in [-0.15, -0.1) is 6.42 Å². The van der Waals surface area contributed by atoms with E-state index in [0.29, 0.717) is 12.0 Å². The van der Waals surface area contributed by atoms with Gasteiger partial charge in [0.2, 0.25) is 0 Å². The van der Waals surface area contributed by atoms with Gasteiger partial charge in [-0.25, -0.2) is 0 Å². The topological polar surface area (TPSA) is 53.6 Å². The fourth-order valence-electron chi connectivity index (χ4n) is 2.42. The summed E-state index contributed by atoms with van der Waals surface area (Å²) in [5.41, 5.74) is 5.91. The number of terminal acetylenes is 1. The standard InChI is InChI=1S/C15H28N4/c1-6-13(15(3,4)5)18-14(16)17-11-12-9-8-10-19(12)7-2/h1,12-13H,7-11H2,2-5H3,(H3,16,17,18). The molecule has 1 rings (SSSR count). The smallest absolute Gasteiger partial charge is 0.189 e. The molecular weight excluding hydrogens is 236 g/mol. The van der Waals surface area contributed by atoms with Gasteiger partial charge in [0.25, 0.3) is 0 Å². The van der Waals surface area contributed by atoms with Crippen LogP contribution in [0.25, 0.3) is 0 Å². The molecule has 3 N–H and O–H groups in total. The van der Waals surface area contributed by atoms with Crippen molar-refractivity contribution in [3.63, 3.8) is 0 Å². The van der Waals surface area contributed by atoms with Crippen molar-refractivity contribution in [2.45, 2.75) is 52.6 Å². The van der Waals surface area contributed by atoms with Gasteiger partial charge in [0, 0.05) is 6.04 Å². The Morgan fingerprint density at radius 2 is 2.26 bits per heavy atom. The number of likely N-dealkylation sites (tertiary alicyclic amines) is 1. The van der Waals surface area contributed by atoms with Crippen molar-refractivity contribution >= 4 is 5.96 Å². The number of nitrogens with two attached hydrogens (primary N) is 1. The molecular formula is C15H28N4. The molecule has 0 aromatic rings. The Morgan fingerprint density at radius 1 is 1.58 bits per heavy atom. The lowest BCUT2D eigenvalue weighted by Gasteiger charge is -2.27. The highest BCUT2D eigenvalue weighted by molar-refractivity contribution is 5.78. The third-order valence-electron chi connectivity index (χ3n) is 3.70. The van der Waals surface area contributed by atoms with Gasteiger partial charge in [-0.05, 0) is 31.3 Å². The first kappa shape index (κ1) is 15.8. The van der Waals surface area contributed by atoms with Crippen LogP contribution in [0.15, 0.2) is 4.99 Å². The lowest BCUT2D eigenvalue weighted by atomic mass is 9.87. The molecule has 1 aliphatic rings. The van der Waals surface area contributed by atoms with Crippen LogP contribution in [-0.4, -0.2) is 42.6 Å². The summed E-state index contributed by atoms with van der Waals surface area (Å²) in [5.74, 6) is 3.20. The van der Waals surface area contributed by atoms with Crippen molar-refractivity contribution in [2.75, 3.05) is 19.6 Å². The molecule has 1 fully saturated rings. The molecule has 0 aromatic carbocycles. The van der Waals surface area contributed by atoms with Crippen molar-refractivity contribution in [3.05, 3.63) is 0 Å². The number of nitrogens with zero attached hydrogens (tertiary/aromatic N) is 2. The van der Waals surface area contributed by atoms with E-state index in [1.54, 1.807) is 0 Å². The number of hydrogen-bond acceptors (Lipinski definition) is 2. The molecule has 4 heteroatoms. The molecule has 0 amide bonds. The molecule has 1 aliphatic heterocycles. The number of likely N-dealkylation sites (N-methyl/N-ethyl adjacent to an activating group) is 1. The maximum Gasteiger partial charge on any atom is 0.189 e. The molecule has 0 aromatic heterocycles. The summed E-state index contributed by atoms with van der Waals surface area (Å²) in [4.78, 5) is 6.91. The van der Waals surface area contributed by atoms with Crippen molar-refractivity contribution in [1.82, 2.24) is 10.2 Å². The number of aliphatic imine (C=N–C) groups is 1. The van der Waals surface area contributed by atoms with Gasteiger partial charge in [0.1, 0.15) is 0 Å². The fourth-order valence-corrected chi connectivity index (χ4v) is 2.42. The monoisotopic (exact) mass is 264 g/mol. The molecule has 0 bridgehead atoms. The predicted molar refractivity (Wildman–Crippen MR) is 82.0 cm³/mol. The van der Waals surface area contributed by atoms with E-state index in [2.05, 4.69) is 48.8 Å². The summed E-state index contributed by atoms with van der Waals surface area (Å²) in [7, 11) is 0. The Balaban J connectivity index is 2.51. The highest BCUT2D eigenvalue weighted by Gasteiger charge is 2.24. The molecule has 2 atom stereocenters. The van der Waals surface area contributed by atoms with E-state index in [-0.39, 0.29) is 11.5 Å². The molecule has 0 spiro atoms. The van der Waals surface area contributed by atoms with Gasteiger partial charge in [0.05, 0.1) is 12.6 Å². The molecule has 0 radical (unpaired) electrons. The Kier molecular flexibility index (Phi) is 5.68. The van der Waals surface area contributed by atoms with Crippen molar-refractivity contribution in [2.24, 2.45) is 16.1 Å². The minimum Gasteiger partial charge on any atom is -0.370 e. The van der Waals surface area contributed by atoms with Crippen molar-refractivity contribution in [1.29, 1.82) is 0 Å². The Labute approximate surface area is 117 Å². The molecule has 19 heavy (non-hydrogen) atoms. The third kappa shape index (κ3) is 4.76. The Bertz CT molecular complexity index is 348. The molecule has 4 nitrogen and oxygen atoms in total. The molecule has 2 unspecified atom stereocenters. The summed E-state index contributed by atoms with van der Waals surface area (Å²) in [6, 6.07) is 0.436. The molecule has 1 heterocycles. The van der Waals surface area contributed by atoms with E-state index < -0.39 is 0 Å². The lowest BCUT2D eigenvalue weighted by Crippen LogP contribution is -2.46. The van der Waals surface area contributed by atoms with Gasteiger partial charge in [0.15, 0.2) is 5.96 Å². The van der Waals surface area contributed by atoms with Crippen LogP contribution >= 0.6 is 0 Å². The summed E-state index contributed by atoms with van der Waals surface area (Å²) < 4.78 is 0. The summed E-state index contributed by atoms with van der Waals surface area (Å²) in [6.07, 6.45) is 8.01. The normalized spacial score (nSPS) is 23.1. The average Bonchev–Trinajstić information content (AvgIpc) is 2.79. The molecule has 108 valence electrons. The second kappa shape index (κ2) is 6.81. The van der Waals surface area contributed by atoms with Crippen LogP contribution in [0.2, 0.25) is 0 Å². The molecule has 0 aliphatic carbocycles. The largest absolute Gasteiger partial charge is 0.370 e. The van der Waals surface area contributed by atoms with Crippen LogP contribution in [0.5, 0.6) is 0 Å². The Morgan fingerprint density at radius 3 is 2.79 bits per heavy atom. The molecule has 1 saturated heterocycles. The van der Waals surface area contributed by atoms with Crippen molar-refractivity contribution in [3.8, 4) is 12.3 Å². The van der Waals surface area contributed by atoms with E-state index in [1.807, 2.05) is 0 Å². The first-order valence-electron chi connectivity index (χ1n) is 7.15. The summed E-state index contributed by atoms with van der Waals surface area (Å²) >= 11 is 0. The fraction of sp³-hybridized carbons (Fsp3) is 0.800. The predicted octanol–water partition coefficient (Wildman–Crippen LogP) is 1.42. The van der Waals surface area contributed by atoms with Gasteiger partial charge in [-0.3, -0.25) is 9.89 Å². The van der Waals surface area contributed by atoms with E-state index in [1.165, 1.54) is 19.4 Å². The van der Waals surface area contributed by atoms with Gasteiger partial charge < -0.3 is 11.1 Å². The van der Waals surface area contributed by atoms with Crippen molar-refractivity contribution < 1.29 is 0 Å². The Hall–Kier alpha value is -1.21. The van der Waals surface area contributed by atoms with E-state index in [9.17, 15) is 0 Å². The van der Waals surface area contributed by atoms with Crippen LogP contribution in [0, 0.1) is 17.8 Å². The van der Waals surface area contributed by atoms with Crippen LogP contribution in [0.4, 0.5) is 0 Å². The highest BCUT2D eigenvalue weighted by Crippen LogP contribution is 2.18. The summed E-state index contributed by atoms with van der Waals surface area (Å²) in [6.45, 7) is 11.5. The quantitative estimate of drug-likeness (QED) is 0.459. The average molecular weight is 264 g/mol. The second-order valence-electron chi connectivity index (χ2n) is 6.26. The SMILES string of the molecule is C#CC(NC(N)=NCC1CCCN1CC)C(C)(C)C. The van der Waals surface area contributed by atoms with Gasteiger partial charge in [-0.1, -0.05) is 33.6 Å². The zero-order valence-electron chi connectivity index (χ0n) is 12.7. The third-order valence-corrected chi connectivity index (χ3v) is 3.70. The van der Waals surface area contributed by atoms with Crippen LogP contribution < -0.4 is 11.1 Å². The van der Waals surface area contributed by atoms with E-state index >= 15 is 0 Å². The zero-order valence-corrected chi connectivity index (χ0v) is 12.7. The minimum atomic E-state index is -0.0953. The van der Waals surface area contributed by atoms with Crippen LogP contribution in [0.1, 0.15) is 40.5 Å². The van der Waals surface area contributed by atoms with Gasteiger partial charge in [-0.2, -0.15) is 0 Å². The maximum absolute atomic E-state index is 5.94. The first-order chi connectivity index (χ1) is 8.88. The van der Waals surface area contributed by atoms with Crippen LogP contribution in [0.3, 0.4) is 0 Å². The minimum absolute atomic E-state index is 0.0301. The maximum atomic E-state index is 5.94. The van der Waals surface area contributed by atoms with E-state index in [0.717, 1.165) is 13.1 Å². The second-order valence-corrected chi connectivity index (χ2v) is 6.26. The van der Waals surface area contributed by atoms with Gasteiger partial charge >= 0.3 is 0 Å². The number of rotatable bonds is 4. The lowest BCUT2D eigenvalue weighted by molar-refractivity contribution is 0.272. The van der Waals surface area contributed by atoms with E-state index in [4.69, 9.17) is 12.2 Å².